The van der Waals surface area contributed by atoms with Crippen molar-refractivity contribution in [1.29, 1.82) is 0 Å². The number of aromatic nitrogens is 1. The molecule has 1 heterocycles. The molecule has 0 bridgehead atoms. The van der Waals surface area contributed by atoms with Crippen LogP contribution in [0.4, 0.5) is 0 Å². The summed E-state index contributed by atoms with van der Waals surface area (Å²) in [5.74, 6) is 0.525. The van der Waals surface area contributed by atoms with E-state index in [9.17, 15) is 0 Å². The van der Waals surface area contributed by atoms with Crippen LogP contribution in [0.3, 0.4) is 0 Å². The van der Waals surface area contributed by atoms with Crippen LogP contribution in [-0.2, 0) is 12.3 Å². The van der Waals surface area contributed by atoms with Crippen molar-refractivity contribution in [3.05, 3.63) is 42.2 Å². The van der Waals surface area contributed by atoms with Crippen LogP contribution in [0.5, 0.6) is 0 Å². The Bertz CT molecular complexity index is 245. The molecule has 1 aromatic rings. The molecule has 58 valence electrons. The van der Waals surface area contributed by atoms with Gasteiger partial charge in [-0.05, 0) is 11.6 Å². The lowest BCUT2D eigenvalue weighted by atomic mass is 10.2. The highest BCUT2D eigenvalue weighted by atomic mass is 35.5. The Morgan fingerprint density at radius 2 is 2.45 bits per heavy atom. The Balaban J connectivity index is 2.92. The van der Waals surface area contributed by atoms with E-state index >= 15 is 0 Å². The third-order valence-electron chi connectivity index (χ3n) is 1.47. The van der Waals surface area contributed by atoms with Gasteiger partial charge in [0.25, 0.3) is 0 Å². The van der Waals surface area contributed by atoms with Crippen LogP contribution in [0.1, 0.15) is 11.3 Å². The van der Waals surface area contributed by atoms with Crippen LogP contribution >= 0.6 is 11.6 Å². The van der Waals surface area contributed by atoms with Gasteiger partial charge >= 0.3 is 0 Å². The monoisotopic (exact) mass is 167 g/mol. The van der Waals surface area contributed by atoms with Crippen LogP contribution in [-0.4, -0.2) is 4.98 Å². The van der Waals surface area contributed by atoms with Gasteiger partial charge in [0.1, 0.15) is 0 Å². The molecule has 1 nitrogen and oxygen atoms in total. The molecule has 0 unspecified atom stereocenters. The third-order valence-corrected chi connectivity index (χ3v) is 1.75. The molecular weight excluding hydrogens is 158 g/mol. The fourth-order valence-corrected chi connectivity index (χ4v) is 1.16. The minimum absolute atomic E-state index is 0.525. The first-order chi connectivity index (χ1) is 5.38. The van der Waals surface area contributed by atoms with Crippen molar-refractivity contribution < 1.29 is 0 Å². The molecule has 0 aliphatic heterocycles. The molecule has 0 spiro atoms. The van der Waals surface area contributed by atoms with E-state index in [1.54, 1.807) is 6.20 Å². The number of allylic oxidation sites excluding steroid dienone is 1. The Hall–Kier alpha value is -0.820. The summed E-state index contributed by atoms with van der Waals surface area (Å²) in [5, 5.41) is 0. The summed E-state index contributed by atoms with van der Waals surface area (Å²) < 4.78 is 0. The summed E-state index contributed by atoms with van der Waals surface area (Å²) in [5.41, 5.74) is 2.12. The number of alkyl halides is 1. The maximum atomic E-state index is 5.69. The van der Waals surface area contributed by atoms with Gasteiger partial charge in [0.05, 0.1) is 0 Å². The lowest BCUT2D eigenvalue weighted by Crippen LogP contribution is -1.92. The van der Waals surface area contributed by atoms with Crippen LogP contribution in [0.15, 0.2) is 31.0 Å². The molecule has 2 heteroatoms. The fraction of sp³-hybridized carbons (Fsp3) is 0.222. The van der Waals surface area contributed by atoms with Crippen molar-refractivity contribution in [3.63, 3.8) is 0 Å². The molecule has 11 heavy (non-hydrogen) atoms. The van der Waals surface area contributed by atoms with Crippen molar-refractivity contribution in [2.24, 2.45) is 0 Å². The lowest BCUT2D eigenvalue weighted by molar-refractivity contribution is 1.06. The van der Waals surface area contributed by atoms with E-state index in [0.717, 1.165) is 17.7 Å². The van der Waals surface area contributed by atoms with Gasteiger partial charge in [0, 0.05) is 24.2 Å². The molecule has 0 N–H and O–H groups in total. The van der Waals surface area contributed by atoms with E-state index in [-0.39, 0.29) is 0 Å². The molecule has 0 radical (unpaired) electrons. The minimum Gasteiger partial charge on any atom is -0.261 e. The molecular formula is C9H10ClN. The summed E-state index contributed by atoms with van der Waals surface area (Å²) in [6.45, 7) is 3.65. The second-order valence-corrected chi connectivity index (χ2v) is 2.50. The second kappa shape index (κ2) is 4.14. The van der Waals surface area contributed by atoms with E-state index in [1.807, 2.05) is 18.2 Å². The van der Waals surface area contributed by atoms with Gasteiger partial charge in [-0.15, -0.1) is 18.2 Å². The molecule has 1 aromatic heterocycles. The standard InChI is InChI=1S/C9H10ClN/c1-2-4-9-8(7-10)5-3-6-11-9/h2-3,5-6H,1,4,7H2. The largest absolute Gasteiger partial charge is 0.261 e. The Morgan fingerprint density at radius 1 is 1.64 bits per heavy atom. The van der Waals surface area contributed by atoms with Gasteiger partial charge in [-0.2, -0.15) is 0 Å². The van der Waals surface area contributed by atoms with E-state index in [1.165, 1.54) is 0 Å². The molecule has 0 aromatic carbocycles. The third kappa shape index (κ3) is 2.05. The number of rotatable bonds is 3. The summed E-state index contributed by atoms with van der Waals surface area (Å²) in [4.78, 5) is 4.18. The zero-order chi connectivity index (χ0) is 8.10. The number of hydrogen-bond acceptors (Lipinski definition) is 1. The molecule has 0 atom stereocenters. The topological polar surface area (TPSA) is 12.9 Å². The summed E-state index contributed by atoms with van der Waals surface area (Å²) in [7, 11) is 0. The number of nitrogens with zero attached hydrogens (tertiary/aromatic N) is 1. The highest BCUT2D eigenvalue weighted by molar-refractivity contribution is 6.17. The predicted octanol–water partition coefficient (Wildman–Crippen LogP) is 2.55. The first-order valence-electron chi connectivity index (χ1n) is 3.48. The van der Waals surface area contributed by atoms with E-state index in [2.05, 4.69) is 11.6 Å². The van der Waals surface area contributed by atoms with Crippen LogP contribution < -0.4 is 0 Å². The van der Waals surface area contributed by atoms with Gasteiger partial charge in [-0.3, -0.25) is 4.98 Å². The minimum atomic E-state index is 0.525. The second-order valence-electron chi connectivity index (χ2n) is 2.24. The zero-order valence-corrected chi connectivity index (χ0v) is 7.01. The molecule has 0 saturated heterocycles. The molecule has 0 amide bonds. The zero-order valence-electron chi connectivity index (χ0n) is 6.26. The van der Waals surface area contributed by atoms with Crippen molar-refractivity contribution in [2.45, 2.75) is 12.3 Å². The number of hydrogen-bond donors (Lipinski definition) is 0. The van der Waals surface area contributed by atoms with E-state index in [4.69, 9.17) is 11.6 Å². The summed E-state index contributed by atoms with van der Waals surface area (Å²) >= 11 is 5.69. The fourth-order valence-electron chi connectivity index (χ4n) is 0.913. The van der Waals surface area contributed by atoms with Crippen LogP contribution in [0.2, 0.25) is 0 Å². The van der Waals surface area contributed by atoms with Crippen LogP contribution in [0.25, 0.3) is 0 Å². The van der Waals surface area contributed by atoms with Gasteiger partial charge in [0.2, 0.25) is 0 Å². The van der Waals surface area contributed by atoms with Gasteiger partial charge in [-0.1, -0.05) is 12.1 Å². The molecule has 0 aliphatic carbocycles. The maximum absolute atomic E-state index is 5.69. The predicted molar refractivity (Wildman–Crippen MR) is 47.7 cm³/mol. The van der Waals surface area contributed by atoms with E-state index < -0.39 is 0 Å². The average Bonchev–Trinajstić information content (AvgIpc) is 2.06. The van der Waals surface area contributed by atoms with Crippen LogP contribution in [0, 0.1) is 0 Å². The first-order valence-corrected chi connectivity index (χ1v) is 4.01. The highest BCUT2D eigenvalue weighted by Gasteiger charge is 1.97. The first kappa shape index (κ1) is 8.28. The van der Waals surface area contributed by atoms with Gasteiger partial charge < -0.3 is 0 Å². The van der Waals surface area contributed by atoms with Crippen molar-refractivity contribution in [3.8, 4) is 0 Å². The Labute approximate surface area is 71.7 Å². The van der Waals surface area contributed by atoms with E-state index in [0.29, 0.717) is 5.88 Å². The summed E-state index contributed by atoms with van der Waals surface area (Å²) in [6.07, 6.45) is 4.40. The van der Waals surface area contributed by atoms with Crippen molar-refractivity contribution in [1.82, 2.24) is 4.98 Å². The molecule has 0 aliphatic rings. The molecule has 1 rings (SSSR count). The average molecular weight is 168 g/mol. The summed E-state index contributed by atoms with van der Waals surface area (Å²) in [6, 6.07) is 3.88. The van der Waals surface area contributed by atoms with Crippen molar-refractivity contribution in [2.75, 3.05) is 0 Å². The molecule has 0 fully saturated rings. The molecule has 0 saturated carbocycles. The lowest BCUT2D eigenvalue weighted by Gasteiger charge is -2.00. The maximum Gasteiger partial charge on any atom is 0.0492 e. The SMILES string of the molecule is C=CCc1ncccc1CCl. The normalized spacial score (nSPS) is 9.55. The Kier molecular flexibility index (Phi) is 3.12. The number of halogens is 1. The van der Waals surface area contributed by atoms with Crippen molar-refractivity contribution >= 4 is 11.6 Å². The van der Waals surface area contributed by atoms with Gasteiger partial charge in [0.15, 0.2) is 0 Å². The quantitative estimate of drug-likeness (QED) is 0.498. The number of pyridine rings is 1. The Morgan fingerprint density at radius 3 is 3.09 bits per heavy atom. The highest BCUT2D eigenvalue weighted by Crippen LogP contribution is 2.08. The smallest absolute Gasteiger partial charge is 0.0492 e. The van der Waals surface area contributed by atoms with Gasteiger partial charge in [-0.25, -0.2) is 0 Å².